The average Bonchev–Trinajstić information content (AvgIpc) is 3.68. The van der Waals surface area contributed by atoms with E-state index in [1.807, 2.05) is 42.6 Å². The van der Waals surface area contributed by atoms with Crippen LogP contribution in [0, 0.1) is 0 Å². The molecule has 1 saturated heterocycles. The second-order valence-corrected chi connectivity index (χ2v) is 9.78. The summed E-state index contributed by atoms with van der Waals surface area (Å²) in [4.78, 5) is 7.67. The van der Waals surface area contributed by atoms with Crippen molar-refractivity contribution in [1.82, 2.24) is 24.7 Å². The predicted octanol–water partition coefficient (Wildman–Crippen LogP) is 5.87. The fraction of sp³-hybridized carbons (Fsp3) is 0.250. The summed E-state index contributed by atoms with van der Waals surface area (Å²) < 4.78 is 14.1. The molecule has 4 heterocycles. The molecule has 0 amide bonds. The zero-order valence-electron chi connectivity index (χ0n) is 19.8. The Morgan fingerprint density at radius 1 is 1.03 bits per heavy atom. The van der Waals surface area contributed by atoms with Crippen molar-refractivity contribution in [2.24, 2.45) is 0 Å². The summed E-state index contributed by atoms with van der Waals surface area (Å²) in [5.74, 6) is 2.50. The van der Waals surface area contributed by atoms with E-state index >= 15 is 0 Å². The molecule has 0 aliphatic carbocycles. The van der Waals surface area contributed by atoms with E-state index in [1.54, 1.807) is 18.0 Å². The molecule has 0 radical (unpaired) electrons. The van der Waals surface area contributed by atoms with Crippen molar-refractivity contribution in [3.05, 3.63) is 90.4 Å². The van der Waals surface area contributed by atoms with Gasteiger partial charge < -0.3 is 14.5 Å². The van der Waals surface area contributed by atoms with Gasteiger partial charge in [0.1, 0.15) is 12.4 Å². The van der Waals surface area contributed by atoms with E-state index < -0.39 is 0 Å². The summed E-state index contributed by atoms with van der Waals surface area (Å²) in [6.07, 6.45) is 6.17. The maximum atomic E-state index is 5.96. The van der Waals surface area contributed by atoms with Gasteiger partial charge in [0, 0.05) is 41.2 Å². The molecule has 1 fully saturated rings. The third kappa shape index (κ3) is 5.01. The molecule has 36 heavy (non-hydrogen) atoms. The van der Waals surface area contributed by atoms with E-state index in [1.165, 1.54) is 5.56 Å². The summed E-state index contributed by atoms with van der Waals surface area (Å²) in [6, 6.07) is 22.3. The zero-order valence-corrected chi connectivity index (χ0v) is 20.7. The van der Waals surface area contributed by atoms with Crippen molar-refractivity contribution in [3.8, 4) is 17.1 Å². The van der Waals surface area contributed by atoms with Crippen molar-refractivity contribution in [3.63, 3.8) is 0 Å². The van der Waals surface area contributed by atoms with Crippen molar-refractivity contribution in [2.75, 3.05) is 6.61 Å². The molecule has 182 valence electrons. The number of H-pyrrole nitrogens is 1. The fourth-order valence-corrected chi connectivity index (χ4v) is 5.38. The maximum Gasteiger partial charge on any atom is 0.191 e. The van der Waals surface area contributed by atoms with Crippen LogP contribution in [0.15, 0.2) is 84.3 Å². The second-order valence-electron chi connectivity index (χ2n) is 8.84. The van der Waals surface area contributed by atoms with Crippen molar-refractivity contribution in [1.29, 1.82) is 0 Å². The van der Waals surface area contributed by atoms with Crippen molar-refractivity contribution < 1.29 is 9.47 Å². The van der Waals surface area contributed by atoms with Gasteiger partial charge in [-0.05, 0) is 48.7 Å². The molecule has 1 aliphatic rings. The molecule has 2 aromatic carbocycles. The predicted molar refractivity (Wildman–Crippen MR) is 141 cm³/mol. The number of aromatic amines is 1. The molecule has 1 atom stereocenters. The van der Waals surface area contributed by atoms with Crippen molar-refractivity contribution in [2.45, 2.75) is 43.0 Å². The first-order valence-electron chi connectivity index (χ1n) is 12.2. The van der Waals surface area contributed by atoms with Crippen LogP contribution in [0.2, 0.25) is 0 Å². The first kappa shape index (κ1) is 22.8. The number of nitrogens with zero attached hydrogens (tertiary/aromatic N) is 4. The van der Waals surface area contributed by atoms with Crippen LogP contribution < -0.4 is 4.74 Å². The van der Waals surface area contributed by atoms with Gasteiger partial charge >= 0.3 is 0 Å². The maximum absolute atomic E-state index is 5.96. The molecule has 7 nitrogen and oxygen atoms in total. The minimum Gasteiger partial charge on any atom is -0.487 e. The van der Waals surface area contributed by atoms with Gasteiger partial charge in [0.15, 0.2) is 11.0 Å². The molecule has 1 unspecified atom stereocenters. The smallest absolute Gasteiger partial charge is 0.191 e. The molecule has 3 aromatic heterocycles. The van der Waals surface area contributed by atoms with Crippen LogP contribution in [-0.2, 0) is 23.6 Å². The SMILES string of the molecule is c1ccc(COc2ccc(CSc3nnc(-c4c[nH]c5ccccc45)n3CC3CCCO3)cc2)nc1. The average molecular weight is 498 g/mol. The van der Waals surface area contributed by atoms with Gasteiger partial charge in [-0.2, -0.15) is 0 Å². The highest BCUT2D eigenvalue weighted by Gasteiger charge is 2.23. The summed E-state index contributed by atoms with van der Waals surface area (Å²) in [6.45, 7) is 2.04. The first-order chi connectivity index (χ1) is 17.8. The molecular formula is C28H27N5O2S. The standard InChI is InChI=1S/C28H27N5O2S/c1-2-9-26-24(8-1)25(16-30-26)27-31-32-28(33(27)17-23-7-5-15-34-23)36-19-20-10-12-22(13-11-20)35-18-21-6-3-4-14-29-21/h1-4,6,8-14,16,23,30H,5,7,15,17-19H2. The van der Waals surface area contributed by atoms with Crippen LogP contribution in [0.25, 0.3) is 22.3 Å². The number of hydrogen-bond donors (Lipinski definition) is 1. The van der Waals surface area contributed by atoms with Gasteiger partial charge in [0.2, 0.25) is 0 Å². The van der Waals surface area contributed by atoms with Gasteiger partial charge in [-0.15, -0.1) is 10.2 Å². The Labute approximate surface area is 213 Å². The Balaban J connectivity index is 1.18. The van der Waals surface area contributed by atoms with Crippen LogP contribution in [0.3, 0.4) is 0 Å². The molecule has 1 N–H and O–H groups in total. The third-order valence-corrected chi connectivity index (χ3v) is 7.40. The van der Waals surface area contributed by atoms with Gasteiger partial charge in [-0.25, -0.2) is 0 Å². The molecule has 1 aliphatic heterocycles. The number of fused-ring (bicyclic) bond motifs is 1. The van der Waals surface area contributed by atoms with E-state index in [0.29, 0.717) is 6.61 Å². The number of thioether (sulfide) groups is 1. The lowest BCUT2D eigenvalue weighted by atomic mass is 10.1. The number of benzene rings is 2. The Morgan fingerprint density at radius 3 is 2.75 bits per heavy atom. The van der Waals surface area contributed by atoms with Crippen LogP contribution in [0.4, 0.5) is 0 Å². The molecule has 0 saturated carbocycles. The number of rotatable bonds is 9. The Kier molecular flexibility index (Phi) is 6.69. The summed E-state index contributed by atoms with van der Waals surface area (Å²) >= 11 is 1.70. The summed E-state index contributed by atoms with van der Waals surface area (Å²) in [5.41, 5.74) is 4.27. The van der Waals surface area contributed by atoms with Crippen LogP contribution in [-0.4, -0.2) is 37.4 Å². The lowest BCUT2D eigenvalue weighted by Gasteiger charge is -2.14. The Hall–Kier alpha value is -3.62. The minimum atomic E-state index is 0.194. The number of aromatic nitrogens is 5. The Bertz CT molecular complexity index is 1430. The molecule has 6 rings (SSSR count). The van der Waals surface area contributed by atoms with E-state index in [9.17, 15) is 0 Å². The highest BCUT2D eigenvalue weighted by molar-refractivity contribution is 7.98. The molecule has 5 aromatic rings. The molecule has 8 heteroatoms. The first-order valence-corrected chi connectivity index (χ1v) is 13.2. The zero-order chi connectivity index (χ0) is 24.2. The quantitative estimate of drug-likeness (QED) is 0.257. The van der Waals surface area contributed by atoms with Crippen molar-refractivity contribution >= 4 is 22.7 Å². The topological polar surface area (TPSA) is 77.9 Å². The highest BCUT2D eigenvalue weighted by atomic mass is 32.2. The highest BCUT2D eigenvalue weighted by Crippen LogP contribution is 2.32. The van der Waals surface area contributed by atoms with E-state index in [4.69, 9.17) is 9.47 Å². The van der Waals surface area contributed by atoms with Gasteiger partial charge in [-0.1, -0.05) is 48.2 Å². The fourth-order valence-electron chi connectivity index (χ4n) is 4.48. The van der Waals surface area contributed by atoms with Gasteiger partial charge in [0.05, 0.1) is 18.3 Å². The molecule has 0 spiro atoms. The molecule has 0 bridgehead atoms. The lowest BCUT2D eigenvalue weighted by Crippen LogP contribution is -2.16. The van der Waals surface area contributed by atoms with Crippen LogP contribution in [0.5, 0.6) is 5.75 Å². The van der Waals surface area contributed by atoms with Crippen LogP contribution in [0.1, 0.15) is 24.1 Å². The summed E-state index contributed by atoms with van der Waals surface area (Å²) in [7, 11) is 0. The van der Waals surface area contributed by atoms with Gasteiger partial charge in [0.25, 0.3) is 0 Å². The summed E-state index contributed by atoms with van der Waals surface area (Å²) in [5, 5.41) is 11.3. The number of hydrogen-bond acceptors (Lipinski definition) is 6. The Morgan fingerprint density at radius 2 is 1.92 bits per heavy atom. The number of para-hydroxylation sites is 1. The molecular weight excluding hydrogens is 470 g/mol. The lowest BCUT2D eigenvalue weighted by molar-refractivity contribution is 0.0953. The van der Waals surface area contributed by atoms with E-state index in [2.05, 4.69) is 55.1 Å². The van der Waals surface area contributed by atoms with Gasteiger partial charge in [-0.3, -0.25) is 9.55 Å². The largest absolute Gasteiger partial charge is 0.487 e. The van der Waals surface area contributed by atoms with E-state index in [0.717, 1.165) is 70.6 Å². The monoisotopic (exact) mass is 497 g/mol. The normalized spacial score (nSPS) is 15.5. The van der Waals surface area contributed by atoms with Crippen LogP contribution >= 0.6 is 11.8 Å². The third-order valence-electron chi connectivity index (χ3n) is 6.36. The number of ether oxygens (including phenoxy) is 2. The minimum absolute atomic E-state index is 0.194. The number of nitrogens with one attached hydrogen (secondary N) is 1. The number of pyridine rings is 1. The van der Waals surface area contributed by atoms with E-state index in [-0.39, 0.29) is 6.10 Å². The second kappa shape index (κ2) is 10.6.